The Bertz CT molecular complexity index is 1080. The number of hydrogen-bond donors (Lipinski definition) is 1. The number of carbonyl (C=O) groups excluding carboxylic acids is 2. The van der Waals surface area contributed by atoms with Gasteiger partial charge in [0.15, 0.2) is 11.6 Å². The van der Waals surface area contributed by atoms with E-state index in [0.717, 1.165) is 12.1 Å². The van der Waals surface area contributed by atoms with Crippen LogP contribution in [0.15, 0.2) is 18.2 Å². The van der Waals surface area contributed by atoms with Crippen LogP contribution in [0.2, 0.25) is 0 Å². The number of piperazine rings is 1. The van der Waals surface area contributed by atoms with Crippen LogP contribution in [0.4, 0.5) is 13.6 Å². The van der Waals surface area contributed by atoms with Crippen LogP contribution < -0.4 is 0 Å². The maximum absolute atomic E-state index is 14.1. The molecule has 1 saturated heterocycles. The van der Waals surface area contributed by atoms with E-state index in [0.29, 0.717) is 63.5 Å². The van der Waals surface area contributed by atoms with E-state index in [1.807, 2.05) is 0 Å². The second-order valence-electron chi connectivity index (χ2n) is 9.83. The zero-order valence-electron chi connectivity index (χ0n) is 22.2. The first kappa shape index (κ1) is 29.8. The maximum Gasteiger partial charge on any atom is 0.410 e. The minimum atomic E-state index is -1.00. The molecule has 2 aromatic rings. The number of rotatable bonds is 12. The van der Waals surface area contributed by atoms with Crippen molar-refractivity contribution in [1.29, 1.82) is 0 Å². The van der Waals surface area contributed by atoms with Crippen LogP contribution in [0.5, 0.6) is 0 Å². The first-order valence-corrected chi connectivity index (χ1v) is 12.7. The number of fused-ring (bicyclic) bond motifs is 1. The largest absolute Gasteiger partial charge is 0.444 e. The third kappa shape index (κ3) is 8.35. The molecule has 2 heterocycles. The average molecular weight is 542 g/mol. The Morgan fingerprint density at radius 3 is 2.00 bits per heavy atom. The number of nitrogens with zero attached hydrogens (tertiary/aromatic N) is 3. The number of halogens is 2. The summed E-state index contributed by atoms with van der Waals surface area (Å²) in [6.45, 7) is 8.69. The highest BCUT2D eigenvalue weighted by Crippen LogP contribution is 2.25. The Labute approximate surface area is 221 Å². The number of amides is 2. The molecule has 1 aliphatic rings. The van der Waals surface area contributed by atoms with Crippen LogP contribution in [0.1, 0.15) is 31.3 Å². The Kier molecular flexibility index (Phi) is 10.8. The van der Waals surface area contributed by atoms with E-state index in [1.54, 1.807) is 41.2 Å². The molecule has 1 aliphatic heterocycles. The van der Waals surface area contributed by atoms with Gasteiger partial charge in [0.25, 0.3) is 5.91 Å². The molecule has 3 rings (SSSR count). The highest BCUT2D eigenvalue weighted by atomic mass is 19.2. The summed E-state index contributed by atoms with van der Waals surface area (Å²) in [4.78, 5) is 29.0. The van der Waals surface area contributed by atoms with Crippen molar-refractivity contribution in [2.45, 2.75) is 32.9 Å². The second kappa shape index (κ2) is 13.8. The fourth-order valence-corrected chi connectivity index (χ4v) is 4.02. The molecule has 1 N–H and O–H groups in total. The van der Waals surface area contributed by atoms with Gasteiger partial charge in [0, 0.05) is 44.2 Å². The smallest absolute Gasteiger partial charge is 0.410 e. The predicted molar refractivity (Wildman–Crippen MR) is 135 cm³/mol. The topological polar surface area (TPSA) is 103 Å². The lowest BCUT2D eigenvalue weighted by Crippen LogP contribution is -2.51. The fourth-order valence-electron chi connectivity index (χ4n) is 4.02. The van der Waals surface area contributed by atoms with Crippen LogP contribution in [0.25, 0.3) is 10.9 Å². The van der Waals surface area contributed by atoms with Crippen molar-refractivity contribution in [2.75, 3.05) is 72.4 Å². The molecule has 0 radical (unpaired) electrons. The standard InChI is InChI=1S/C26H37F2N3O7/c1-26(2,3)38-25(34)30-6-4-29(5-7-30)24(33)23-17-19-16-20(27)21(28)18-22(19)31(23)8-10-35-12-14-37-15-13-36-11-9-32/h16-18,32H,4-15H2,1-3H3. The number of ether oxygens (including phenoxy) is 4. The van der Waals surface area contributed by atoms with Crippen LogP contribution in [-0.4, -0.2) is 110 Å². The van der Waals surface area contributed by atoms with Gasteiger partial charge in [-0.3, -0.25) is 4.79 Å². The first-order chi connectivity index (χ1) is 18.1. The summed E-state index contributed by atoms with van der Waals surface area (Å²) in [6.07, 6.45) is -0.427. The molecule has 1 aromatic carbocycles. The van der Waals surface area contributed by atoms with E-state index in [1.165, 1.54) is 0 Å². The number of aliphatic hydroxyl groups excluding tert-OH is 1. The van der Waals surface area contributed by atoms with E-state index >= 15 is 0 Å². The van der Waals surface area contributed by atoms with Gasteiger partial charge in [-0.05, 0) is 32.9 Å². The minimum Gasteiger partial charge on any atom is -0.444 e. The van der Waals surface area contributed by atoms with Gasteiger partial charge in [0.1, 0.15) is 11.3 Å². The zero-order valence-corrected chi connectivity index (χ0v) is 22.2. The SMILES string of the molecule is CC(C)(C)OC(=O)N1CCN(C(=O)c2cc3cc(F)c(F)cc3n2CCOCCOCCOCCO)CC1. The summed E-state index contributed by atoms with van der Waals surface area (Å²) < 4.78 is 51.1. The van der Waals surface area contributed by atoms with Gasteiger partial charge in [0.2, 0.25) is 0 Å². The van der Waals surface area contributed by atoms with E-state index in [9.17, 15) is 18.4 Å². The monoisotopic (exact) mass is 541 g/mol. The molecule has 0 aliphatic carbocycles. The Morgan fingerprint density at radius 2 is 1.39 bits per heavy atom. The first-order valence-electron chi connectivity index (χ1n) is 12.7. The highest BCUT2D eigenvalue weighted by Gasteiger charge is 2.29. The predicted octanol–water partition coefficient (Wildman–Crippen LogP) is 2.65. The molecule has 10 nitrogen and oxygen atoms in total. The third-order valence-corrected chi connectivity index (χ3v) is 5.82. The van der Waals surface area contributed by atoms with Gasteiger partial charge < -0.3 is 38.4 Å². The quantitative estimate of drug-likeness (QED) is 0.412. The van der Waals surface area contributed by atoms with Crippen LogP contribution in [-0.2, 0) is 25.5 Å². The fraction of sp³-hybridized carbons (Fsp3) is 0.615. The average Bonchev–Trinajstić information content (AvgIpc) is 3.21. The van der Waals surface area contributed by atoms with Crippen molar-refractivity contribution in [1.82, 2.24) is 14.4 Å². The summed E-state index contributed by atoms with van der Waals surface area (Å²) in [5.74, 6) is -2.28. The number of benzene rings is 1. The molecular formula is C26H37F2N3O7. The van der Waals surface area contributed by atoms with E-state index < -0.39 is 23.3 Å². The summed E-state index contributed by atoms with van der Waals surface area (Å²) in [5, 5.41) is 9.07. The summed E-state index contributed by atoms with van der Waals surface area (Å²) >= 11 is 0. The van der Waals surface area contributed by atoms with Crippen molar-refractivity contribution >= 4 is 22.9 Å². The molecule has 1 aromatic heterocycles. The van der Waals surface area contributed by atoms with Gasteiger partial charge in [-0.2, -0.15) is 0 Å². The van der Waals surface area contributed by atoms with Crippen molar-refractivity contribution in [3.63, 3.8) is 0 Å². The summed E-state index contributed by atoms with van der Waals surface area (Å²) in [7, 11) is 0. The lowest BCUT2D eigenvalue weighted by Gasteiger charge is -2.35. The van der Waals surface area contributed by atoms with Gasteiger partial charge >= 0.3 is 6.09 Å². The number of aliphatic hydroxyl groups is 1. The zero-order chi connectivity index (χ0) is 27.7. The number of aromatic nitrogens is 1. The van der Waals surface area contributed by atoms with E-state index in [4.69, 9.17) is 24.1 Å². The van der Waals surface area contributed by atoms with Crippen molar-refractivity contribution < 1.29 is 42.4 Å². The molecule has 0 bridgehead atoms. The van der Waals surface area contributed by atoms with Gasteiger partial charge in [-0.25, -0.2) is 13.6 Å². The summed E-state index contributed by atoms with van der Waals surface area (Å²) in [6, 6.07) is 3.71. The minimum absolute atomic E-state index is 0.0412. The Balaban J connectivity index is 1.61. The molecule has 12 heteroatoms. The Morgan fingerprint density at radius 1 is 0.842 bits per heavy atom. The molecular weight excluding hydrogens is 504 g/mol. The third-order valence-electron chi connectivity index (χ3n) is 5.82. The summed E-state index contributed by atoms with van der Waals surface area (Å²) in [5.41, 5.74) is 0.0652. The molecule has 0 spiro atoms. The number of hydrogen-bond acceptors (Lipinski definition) is 7. The molecule has 212 valence electrons. The Hall–Kier alpha value is -2.80. The molecule has 38 heavy (non-hydrogen) atoms. The van der Waals surface area contributed by atoms with Crippen molar-refractivity contribution in [3.05, 3.63) is 35.5 Å². The van der Waals surface area contributed by atoms with E-state index in [-0.39, 0.29) is 38.0 Å². The molecule has 0 atom stereocenters. The lowest BCUT2D eigenvalue weighted by molar-refractivity contribution is 0.00657. The van der Waals surface area contributed by atoms with Crippen LogP contribution >= 0.6 is 0 Å². The van der Waals surface area contributed by atoms with Gasteiger partial charge in [-0.15, -0.1) is 0 Å². The normalized spacial score (nSPS) is 14.4. The van der Waals surface area contributed by atoms with Crippen molar-refractivity contribution in [2.24, 2.45) is 0 Å². The maximum atomic E-state index is 14.1. The molecule has 0 unspecified atom stereocenters. The molecule has 2 amide bonds. The van der Waals surface area contributed by atoms with E-state index in [2.05, 4.69) is 0 Å². The molecule has 1 fully saturated rings. The van der Waals surface area contributed by atoms with Crippen LogP contribution in [0, 0.1) is 11.6 Å². The number of carbonyl (C=O) groups is 2. The van der Waals surface area contributed by atoms with Gasteiger partial charge in [-0.1, -0.05) is 0 Å². The van der Waals surface area contributed by atoms with Crippen molar-refractivity contribution in [3.8, 4) is 0 Å². The lowest BCUT2D eigenvalue weighted by atomic mass is 10.2. The second-order valence-corrected chi connectivity index (χ2v) is 9.83. The van der Waals surface area contributed by atoms with Gasteiger partial charge in [0.05, 0.1) is 51.8 Å². The molecule has 0 saturated carbocycles. The highest BCUT2D eigenvalue weighted by molar-refractivity contribution is 5.99. The van der Waals surface area contributed by atoms with Crippen LogP contribution in [0.3, 0.4) is 0 Å².